The van der Waals surface area contributed by atoms with Gasteiger partial charge in [0, 0.05) is 40.7 Å². The maximum absolute atomic E-state index is 13.2. The summed E-state index contributed by atoms with van der Waals surface area (Å²) in [4.78, 5) is 41.8. The van der Waals surface area contributed by atoms with Gasteiger partial charge in [0.1, 0.15) is 17.7 Å². The van der Waals surface area contributed by atoms with Gasteiger partial charge in [0.05, 0.1) is 28.3 Å². The molecule has 224 valence electrons. The van der Waals surface area contributed by atoms with Gasteiger partial charge in [-0.1, -0.05) is 41.9 Å². The molecular weight excluding hydrogens is 581 g/mol. The van der Waals surface area contributed by atoms with E-state index in [4.69, 9.17) is 21.1 Å². The van der Waals surface area contributed by atoms with Crippen LogP contribution in [0.25, 0.3) is 0 Å². The van der Waals surface area contributed by atoms with Crippen LogP contribution in [0, 0.1) is 15.9 Å². The number of aromatic nitrogens is 2. The minimum atomic E-state index is -1.56. The minimum Gasteiger partial charge on any atom is -0.459 e. The van der Waals surface area contributed by atoms with E-state index in [9.17, 15) is 29.2 Å². The zero-order valence-corrected chi connectivity index (χ0v) is 24.5. The predicted molar refractivity (Wildman–Crippen MR) is 156 cm³/mol. The quantitative estimate of drug-likeness (QED) is 0.139. The third-order valence-electron chi connectivity index (χ3n) is 5.79. The first-order valence-electron chi connectivity index (χ1n) is 13.0. The number of carbonyl (C=O) groups excluding carboxylic acids is 2. The number of nitrogens with zero attached hydrogens (tertiary/aromatic N) is 3. The molecule has 1 unspecified atom stereocenters. The number of benzene rings is 3. The molecule has 1 aromatic heterocycles. The number of ether oxygens (including phenoxy) is 2. The van der Waals surface area contributed by atoms with Gasteiger partial charge in [-0.25, -0.2) is 23.9 Å². The van der Waals surface area contributed by atoms with Crippen molar-refractivity contribution in [2.75, 3.05) is 0 Å². The van der Waals surface area contributed by atoms with Gasteiger partial charge in [-0.3, -0.25) is 10.1 Å². The number of carbonyl (C=O) groups is 2. The summed E-state index contributed by atoms with van der Waals surface area (Å²) in [6.07, 6.45) is 3.66. The van der Waals surface area contributed by atoms with E-state index in [2.05, 4.69) is 9.97 Å². The number of hydrogen-bond donors (Lipinski definition) is 1. The highest BCUT2D eigenvalue weighted by molar-refractivity contribution is 6.31. The number of halogens is 2. The molecule has 0 bridgehead atoms. The second-order valence-corrected chi connectivity index (χ2v) is 10.2. The number of nitro benzene ring substituents is 1. The summed E-state index contributed by atoms with van der Waals surface area (Å²) in [6, 6.07) is 15.9. The van der Waals surface area contributed by atoms with Crippen molar-refractivity contribution in [2.45, 2.75) is 45.5 Å². The van der Waals surface area contributed by atoms with Crippen molar-refractivity contribution in [2.24, 2.45) is 0 Å². The van der Waals surface area contributed by atoms with E-state index in [0.717, 1.165) is 12.1 Å². The van der Waals surface area contributed by atoms with Crippen LogP contribution in [-0.4, -0.2) is 44.1 Å². The fourth-order valence-corrected chi connectivity index (χ4v) is 4.20. The van der Waals surface area contributed by atoms with Gasteiger partial charge in [-0.05, 0) is 57.5 Å². The van der Waals surface area contributed by atoms with Gasteiger partial charge in [-0.2, -0.15) is 0 Å². The molecule has 0 aliphatic carbocycles. The van der Waals surface area contributed by atoms with E-state index < -0.39 is 22.5 Å². The molecule has 0 aliphatic rings. The highest BCUT2D eigenvalue weighted by atomic mass is 35.5. The molecule has 0 fully saturated rings. The van der Waals surface area contributed by atoms with Crippen LogP contribution in [0.15, 0.2) is 85.5 Å². The van der Waals surface area contributed by atoms with Gasteiger partial charge >= 0.3 is 11.9 Å². The van der Waals surface area contributed by atoms with E-state index in [-0.39, 0.29) is 34.8 Å². The van der Waals surface area contributed by atoms with Crippen LogP contribution in [-0.2, 0) is 15.1 Å². The zero-order chi connectivity index (χ0) is 31.7. The molecule has 4 aromatic rings. The van der Waals surface area contributed by atoms with E-state index in [0.29, 0.717) is 21.7 Å². The third-order valence-corrected chi connectivity index (χ3v) is 6.12. The maximum Gasteiger partial charge on any atom is 0.338 e. The average molecular weight is 610 g/mol. The molecule has 0 saturated heterocycles. The molecule has 0 amide bonds. The third kappa shape index (κ3) is 8.40. The first-order chi connectivity index (χ1) is 20.3. The molecule has 10 nitrogen and oxygen atoms in total. The monoisotopic (exact) mass is 609 g/mol. The van der Waals surface area contributed by atoms with Gasteiger partial charge in [0.15, 0.2) is 0 Å². The summed E-state index contributed by atoms with van der Waals surface area (Å²) in [6.45, 7) is 6.62. The van der Waals surface area contributed by atoms with Crippen LogP contribution in [0.4, 0.5) is 10.1 Å². The summed E-state index contributed by atoms with van der Waals surface area (Å²) < 4.78 is 23.2. The highest BCUT2D eigenvalue weighted by Crippen LogP contribution is 2.39. The molecule has 4 rings (SSSR count). The molecule has 1 N–H and O–H groups in total. The number of non-ortho nitro benzene ring substituents is 1. The number of rotatable bonds is 8. The largest absolute Gasteiger partial charge is 0.459 e. The second kappa shape index (κ2) is 14.4. The zero-order valence-electron chi connectivity index (χ0n) is 23.7. The lowest BCUT2D eigenvalue weighted by Gasteiger charge is -2.30. The molecule has 1 heterocycles. The second-order valence-electron chi connectivity index (χ2n) is 9.76. The standard InChI is InChI=1S/C17H12ClFN2O.C14H17NO6/c18-16-4-2-1-3-15(16)17(22,13-9-20-11-21-10-13)12-5-7-14(19)8-6-12;1-8(2)20-13(16)10-5-11(14(17)21-9(3)4)7-12(6-10)15(18)19/h1-11,22H;5-9H,1-4H3. The van der Waals surface area contributed by atoms with E-state index in [1.54, 1.807) is 52.0 Å². The van der Waals surface area contributed by atoms with Crippen molar-refractivity contribution in [1.82, 2.24) is 9.97 Å². The number of aliphatic hydroxyl groups is 1. The first kappa shape index (κ1) is 32.8. The smallest absolute Gasteiger partial charge is 0.338 e. The van der Waals surface area contributed by atoms with Crippen LogP contribution in [0.1, 0.15) is 65.1 Å². The molecular formula is C31H29ClFN3O7. The molecule has 1 atom stereocenters. The first-order valence-corrected chi connectivity index (χ1v) is 13.4. The minimum absolute atomic E-state index is 0.0615. The Hall–Kier alpha value is -4.74. The van der Waals surface area contributed by atoms with Crippen LogP contribution in [0.5, 0.6) is 0 Å². The lowest BCUT2D eigenvalue weighted by Crippen LogP contribution is -2.29. The van der Waals surface area contributed by atoms with Crippen molar-refractivity contribution < 1.29 is 33.5 Å². The van der Waals surface area contributed by atoms with Crippen molar-refractivity contribution >= 4 is 29.2 Å². The molecule has 12 heteroatoms. The molecule has 3 aromatic carbocycles. The van der Waals surface area contributed by atoms with Gasteiger partial charge in [0.2, 0.25) is 0 Å². The lowest BCUT2D eigenvalue weighted by atomic mass is 9.81. The summed E-state index contributed by atoms with van der Waals surface area (Å²) in [7, 11) is 0. The van der Waals surface area contributed by atoms with E-state index in [1.165, 1.54) is 49.1 Å². The van der Waals surface area contributed by atoms with Crippen molar-refractivity contribution in [3.63, 3.8) is 0 Å². The Morgan fingerprint density at radius 1 is 0.884 bits per heavy atom. The fraction of sp³-hybridized carbons (Fsp3) is 0.226. The Labute approximate surface area is 252 Å². The fourth-order valence-electron chi connectivity index (χ4n) is 3.93. The lowest BCUT2D eigenvalue weighted by molar-refractivity contribution is -0.384. The number of esters is 2. The summed E-state index contributed by atoms with van der Waals surface area (Å²) in [5.74, 6) is -1.84. The van der Waals surface area contributed by atoms with Crippen LogP contribution in [0.3, 0.4) is 0 Å². The normalized spacial score (nSPS) is 12.1. The Morgan fingerprint density at radius 3 is 1.86 bits per heavy atom. The Kier molecular flexibility index (Phi) is 11.0. The molecule has 0 aliphatic heterocycles. The van der Waals surface area contributed by atoms with E-state index in [1.807, 2.05) is 0 Å². The SMILES string of the molecule is CC(C)OC(=O)c1cc(C(=O)OC(C)C)cc([N+](=O)[O-])c1.OC(c1ccc(F)cc1)(c1cncnc1)c1ccccc1Cl. The van der Waals surface area contributed by atoms with Crippen LogP contribution >= 0.6 is 11.6 Å². The van der Waals surface area contributed by atoms with Crippen molar-refractivity contribution in [3.05, 3.63) is 134 Å². The van der Waals surface area contributed by atoms with Crippen LogP contribution < -0.4 is 0 Å². The predicted octanol–water partition coefficient (Wildman–Crippen LogP) is 6.28. The molecule has 0 radical (unpaired) electrons. The maximum atomic E-state index is 13.2. The Balaban J connectivity index is 0.000000236. The van der Waals surface area contributed by atoms with Crippen molar-refractivity contribution in [1.29, 1.82) is 0 Å². The highest BCUT2D eigenvalue weighted by Gasteiger charge is 2.36. The molecule has 0 spiro atoms. The topological polar surface area (TPSA) is 142 Å². The summed E-state index contributed by atoms with van der Waals surface area (Å²) >= 11 is 6.26. The molecule has 43 heavy (non-hydrogen) atoms. The van der Waals surface area contributed by atoms with Crippen molar-refractivity contribution in [3.8, 4) is 0 Å². The summed E-state index contributed by atoms with van der Waals surface area (Å²) in [5.41, 5.74) is -0.636. The molecule has 0 saturated carbocycles. The number of hydrogen-bond acceptors (Lipinski definition) is 9. The summed E-state index contributed by atoms with van der Waals surface area (Å²) in [5, 5.41) is 22.7. The average Bonchev–Trinajstić information content (AvgIpc) is 2.97. The Morgan fingerprint density at radius 2 is 1.40 bits per heavy atom. The van der Waals surface area contributed by atoms with E-state index >= 15 is 0 Å². The number of nitro groups is 1. The van der Waals surface area contributed by atoms with Gasteiger partial charge in [0.25, 0.3) is 5.69 Å². The van der Waals surface area contributed by atoms with Gasteiger partial charge < -0.3 is 14.6 Å². The van der Waals surface area contributed by atoms with Gasteiger partial charge in [-0.15, -0.1) is 0 Å². The van der Waals surface area contributed by atoms with Crippen LogP contribution in [0.2, 0.25) is 5.02 Å². The Bertz CT molecular complexity index is 1540.